The van der Waals surface area contributed by atoms with Gasteiger partial charge in [0.1, 0.15) is 5.69 Å². The molecular formula is C14H12ClN5O3. The number of hydrogen-bond donors (Lipinski definition) is 2. The Morgan fingerprint density at radius 3 is 2.65 bits per heavy atom. The van der Waals surface area contributed by atoms with Gasteiger partial charge in [-0.3, -0.25) is 10.1 Å². The number of nitrogens with one attached hydrogen (secondary N) is 2. The standard InChI is InChI=1S/C14H12ClN5O3/c1-2-16-10-7-11(17-9-6-4-3-5-8(9)15)14(20(21)22)13-12(10)18-23-19-13/h3-7,16-17H,2H2,1H3. The molecular weight excluding hydrogens is 322 g/mol. The van der Waals surface area contributed by atoms with Crippen molar-refractivity contribution in [3.05, 3.63) is 45.5 Å². The van der Waals surface area contributed by atoms with Gasteiger partial charge in [0.2, 0.25) is 5.52 Å². The number of halogens is 1. The smallest absolute Gasteiger partial charge is 0.324 e. The third-order valence-electron chi connectivity index (χ3n) is 3.20. The highest BCUT2D eigenvalue weighted by Crippen LogP contribution is 2.39. The van der Waals surface area contributed by atoms with E-state index in [4.69, 9.17) is 11.6 Å². The second kappa shape index (κ2) is 6.09. The molecule has 0 saturated carbocycles. The Bertz CT molecular complexity index is 880. The fourth-order valence-electron chi connectivity index (χ4n) is 2.24. The zero-order valence-corrected chi connectivity index (χ0v) is 12.8. The lowest BCUT2D eigenvalue weighted by atomic mass is 10.2. The molecule has 0 aliphatic rings. The number of aromatic nitrogens is 2. The first-order valence-corrected chi connectivity index (χ1v) is 7.18. The molecule has 3 rings (SSSR count). The van der Waals surface area contributed by atoms with Crippen molar-refractivity contribution >= 4 is 45.4 Å². The molecule has 0 amide bonds. The van der Waals surface area contributed by atoms with Crippen LogP contribution in [0.25, 0.3) is 11.0 Å². The molecule has 0 bridgehead atoms. The molecule has 2 aromatic carbocycles. The van der Waals surface area contributed by atoms with E-state index in [0.29, 0.717) is 28.5 Å². The number of nitrogens with zero attached hydrogens (tertiary/aromatic N) is 3. The van der Waals surface area contributed by atoms with Gasteiger partial charge in [-0.25, -0.2) is 4.63 Å². The molecule has 0 saturated heterocycles. The molecule has 0 atom stereocenters. The van der Waals surface area contributed by atoms with Crippen molar-refractivity contribution in [2.75, 3.05) is 17.2 Å². The maximum Gasteiger partial charge on any atom is 0.324 e. The van der Waals surface area contributed by atoms with Crippen molar-refractivity contribution in [1.29, 1.82) is 0 Å². The molecule has 0 radical (unpaired) electrons. The van der Waals surface area contributed by atoms with Gasteiger partial charge in [-0.1, -0.05) is 23.7 Å². The summed E-state index contributed by atoms with van der Waals surface area (Å²) in [6.45, 7) is 2.52. The molecule has 0 fully saturated rings. The molecule has 23 heavy (non-hydrogen) atoms. The third-order valence-corrected chi connectivity index (χ3v) is 3.53. The van der Waals surface area contributed by atoms with Gasteiger partial charge in [0, 0.05) is 6.54 Å². The van der Waals surface area contributed by atoms with Gasteiger partial charge in [0.25, 0.3) is 0 Å². The molecule has 1 heterocycles. The summed E-state index contributed by atoms with van der Waals surface area (Å²) in [4.78, 5) is 11.0. The molecule has 118 valence electrons. The third kappa shape index (κ3) is 2.76. The summed E-state index contributed by atoms with van der Waals surface area (Å²) < 4.78 is 4.67. The van der Waals surface area contributed by atoms with Crippen LogP contribution in [0.15, 0.2) is 35.0 Å². The minimum Gasteiger partial charge on any atom is -0.383 e. The zero-order chi connectivity index (χ0) is 16.4. The molecule has 0 aliphatic heterocycles. The monoisotopic (exact) mass is 333 g/mol. The Kier molecular flexibility index (Phi) is 3.98. The van der Waals surface area contributed by atoms with E-state index < -0.39 is 4.92 Å². The predicted molar refractivity (Wildman–Crippen MR) is 87.4 cm³/mol. The topological polar surface area (TPSA) is 106 Å². The Hall–Kier alpha value is -2.87. The van der Waals surface area contributed by atoms with Crippen molar-refractivity contribution in [2.24, 2.45) is 0 Å². The summed E-state index contributed by atoms with van der Waals surface area (Å²) >= 11 is 6.11. The van der Waals surface area contributed by atoms with Gasteiger partial charge in [-0.05, 0) is 35.4 Å². The first-order chi connectivity index (χ1) is 11.1. The van der Waals surface area contributed by atoms with Crippen LogP contribution in [0.4, 0.5) is 22.7 Å². The van der Waals surface area contributed by atoms with Crippen LogP contribution in [0.5, 0.6) is 0 Å². The zero-order valence-electron chi connectivity index (χ0n) is 12.0. The summed E-state index contributed by atoms with van der Waals surface area (Å²) in [6.07, 6.45) is 0. The lowest BCUT2D eigenvalue weighted by molar-refractivity contribution is -0.382. The molecule has 3 aromatic rings. The lowest BCUT2D eigenvalue weighted by Crippen LogP contribution is -2.03. The minimum absolute atomic E-state index is 0.0722. The maximum atomic E-state index is 11.5. The van der Waals surface area contributed by atoms with E-state index in [1.807, 2.05) is 6.92 Å². The molecule has 2 N–H and O–H groups in total. The highest BCUT2D eigenvalue weighted by molar-refractivity contribution is 6.33. The van der Waals surface area contributed by atoms with E-state index in [-0.39, 0.29) is 16.9 Å². The second-order valence-electron chi connectivity index (χ2n) is 4.67. The van der Waals surface area contributed by atoms with E-state index in [2.05, 4.69) is 25.6 Å². The Labute approximate surface area is 135 Å². The number of benzene rings is 2. The number of nitro benzene ring substituents is 1. The number of rotatable bonds is 5. The molecule has 0 spiro atoms. The summed E-state index contributed by atoms with van der Waals surface area (Å²) in [6, 6.07) is 8.57. The number of hydrogen-bond acceptors (Lipinski definition) is 7. The van der Waals surface area contributed by atoms with Gasteiger partial charge in [-0.2, -0.15) is 0 Å². The van der Waals surface area contributed by atoms with Crippen LogP contribution in [0.3, 0.4) is 0 Å². The second-order valence-corrected chi connectivity index (χ2v) is 5.08. The van der Waals surface area contributed by atoms with Crippen molar-refractivity contribution < 1.29 is 9.55 Å². The largest absolute Gasteiger partial charge is 0.383 e. The van der Waals surface area contributed by atoms with Crippen molar-refractivity contribution in [3.8, 4) is 0 Å². The van der Waals surface area contributed by atoms with E-state index in [1.54, 1.807) is 30.3 Å². The average molecular weight is 334 g/mol. The van der Waals surface area contributed by atoms with Gasteiger partial charge < -0.3 is 10.6 Å². The van der Waals surface area contributed by atoms with Crippen LogP contribution in [-0.2, 0) is 0 Å². The number of nitro groups is 1. The fraction of sp³-hybridized carbons (Fsp3) is 0.143. The van der Waals surface area contributed by atoms with E-state index in [1.165, 1.54) is 0 Å². The van der Waals surface area contributed by atoms with Crippen LogP contribution in [-0.4, -0.2) is 21.8 Å². The van der Waals surface area contributed by atoms with E-state index in [9.17, 15) is 10.1 Å². The minimum atomic E-state index is -0.526. The first kappa shape index (κ1) is 15.0. The van der Waals surface area contributed by atoms with E-state index in [0.717, 1.165) is 0 Å². The number of fused-ring (bicyclic) bond motifs is 1. The van der Waals surface area contributed by atoms with Gasteiger partial charge in [0.15, 0.2) is 5.52 Å². The summed E-state index contributed by atoms with van der Waals surface area (Å²) in [5, 5.41) is 25.4. The van der Waals surface area contributed by atoms with Crippen molar-refractivity contribution in [1.82, 2.24) is 10.3 Å². The summed E-state index contributed by atoms with van der Waals surface area (Å²) in [5.41, 5.74) is 1.55. The molecule has 0 aliphatic carbocycles. The molecule has 1 aromatic heterocycles. The quantitative estimate of drug-likeness (QED) is 0.537. The van der Waals surface area contributed by atoms with E-state index >= 15 is 0 Å². The van der Waals surface area contributed by atoms with Crippen LogP contribution in [0.2, 0.25) is 5.02 Å². The van der Waals surface area contributed by atoms with Crippen LogP contribution < -0.4 is 10.6 Å². The predicted octanol–water partition coefficient (Wildman–Crippen LogP) is 3.96. The van der Waals surface area contributed by atoms with Crippen molar-refractivity contribution in [3.63, 3.8) is 0 Å². The highest BCUT2D eigenvalue weighted by atomic mass is 35.5. The SMILES string of the molecule is CCNc1cc(Nc2ccccc2Cl)c([N+](=O)[O-])c2nonc12. The van der Waals surface area contributed by atoms with Crippen molar-refractivity contribution in [2.45, 2.75) is 6.92 Å². The summed E-state index contributed by atoms with van der Waals surface area (Å²) in [5.74, 6) is 0. The van der Waals surface area contributed by atoms with Gasteiger partial charge >= 0.3 is 5.69 Å². The number of para-hydroxylation sites is 1. The lowest BCUT2D eigenvalue weighted by Gasteiger charge is -2.11. The normalized spacial score (nSPS) is 10.7. The Morgan fingerprint density at radius 2 is 1.96 bits per heavy atom. The van der Waals surface area contributed by atoms with Crippen LogP contribution >= 0.6 is 11.6 Å². The Balaban J connectivity index is 2.19. The fourth-order valence-corrected chi connectivity index (χ4v) is 2.43. The van der Waals surface area contributed by atoms with Gasteiger partial charge in [0.05, 0.1) is 21.3 Å². The van der Waals surface area contributed by atoms with Crippen LogP contribution in [0.1, 0.15) is 6.92 Å². The maximum absolute atomic E-state index is 11.5. The number of anilines is 3. The highest BCUT2D eigenvalue weighted by Gasteiger charge is 2.26. The van der Waals surface area contributed by atoms with Crippen LogP contribution in [0, 0.1) is 10.1 Å². The summed E-state index contributed by atoms with van der Waals surface area (Å²) in [7, 11) is 0. The average Bonchev–Trinajstić information content (AvgIpc) is 2.99. The van der Waals surface area contributed by atoms with Gasteiger partial charge in [-0.15, -0.1) is 0 Å². The molecule has 9 heteroatoms. The molecule has 0 unspecified atom stereocenters. The first-order valence-electron chi connectivity index (χ1n) is 6.81. The Morgan fingerprint density at radius 1 is 1.22 bits per heavy atom. The molecule has 8 nitrogen and oxygen atoms in total.